The molecule has 3 N–H and O–H groups in total. The molecule has 0 radical (unpaired) electrons. The second-order valence-corrected chi connectivity index (χ2v) is 5.83. The van der Waals surface area contributed by atoms with Gasteiger partial charge in [0.15, 0.2) is 5.82 Å². The van der Waals surface area contributed by atoms with Crippen molar-refractivity contribution in [2.75, 3.05) is 6.54 Å². The van der Waals surface area contributed by atoms with Crippen LogP contribution in [0.5, 0.6) is 0 Å². The summed E-state index contributed by atoms with van der Waals surface area (Å²) < 4.78 is 0. The van der Waals surface area contributed by atoms with E-state index in [1.54, 1.807) is 36.4 Å². The van der Waals surface area contributed by atoms with E-state index in [2.05, 4.69) is 15.3 Å². The highest BCUT2D eigenvalue weighted by Gasteiger charge is 2.10. The zero-order valence-corrected chi connectivity index (χ0v) is 14.5. The number of hydrogen-bond acceptors (Lipinski definition) is 5. The first-order chi connectivity index (χ1) is 13.4. The van der Waals surface area contributed by atoms with Crippen molar-refractivity contribution in [2.24, 2.45) is 0 Å². The van der Waals surface area contributed by atoms with Crippen LogP contribution in [0.15, 0.2) is 59.4 Å². The third-order valence-electron chi connectivity index (χ3n) is 3.82. The van der Waals surface area contributed by atoms with Gasteiger partial charge in [0.2, 0.25) is 5.78 Å². The maximum atomic E-state index is 12.3. The number of carbonyl (C=O) groups is 3. The molecule has 0 aliphatic rings. The van der Waals surface area contributed by atoms with Crippen molar-refractivity contribution in [2.45, 2.75) is 0 Å². The van der Waals surface area contributed by atoms with Crippen LogP contribution in [0.2, 0.25) is 0 Å². The lowest BCUT2D eigenvalue weighted by Crippen LogP contribution is -2.29. The van der Waals surface area contributed by atoms with Crippen LogP contribution in [0.25, 0.3) is 17.0 Å². The third kappa shape index (κ3) is 4.36. The first-order valence-electron chi connectivity index (χ1n) is 8.25. The van der Waals surface area contributed by atoms with E-state index < -0.39 is 29.8 Å². The molecule has 8 nitrogen and oxygen atoms in total. The van der Waals surface area contributed by atoms with Crippen LogP contribution in [0.1, 0.15) is 26.5 Å². The van der Waals surface area contributed by atoms with E-state index in [-0.39, 0.29) is 11.4 Å². The number of aromatic amines is 1. The summed E-state index contributed by atoms with van der Waals surface area (Å²) >= 11 is 0. The number of carboxylic acids is 1. The van der Waals surface area contributed by atoms with Crippen molar-refractivity contribution in [3.63, 3.8) is 0 Å². The van der Waals surface area contributed by atoms with Crippen LogP contribution in [-0.2, 0) is 4.79 Å². The molecular formula is C20H15N3O5. The van der Waals surface area contributed by atoms with Crippen molar-refractivity contribution in [3.05, 3.63) is 81.9 Å². The Kier molecular flexibility index (Phi) is 5.40. The second-order valence-electron chi connectivity index (χ2n) is 5.83. The number of carbonyl (C=O) groups excluding carboxylic acids is 2. The second kappa shape index (κ2) is 8.09. The van der Waals surface area contributed by atoms with E-state index in [9.17, 15) is 19.2 Å². The summed E-state index contributed by atoms with van der Waals surface area (Å²) in [6.45, 7) is -0.488. The SMILES string of the molecule is O=C(O)CNC(=O)c1cccc(/C=C/C(=O)c2nc3ccccc3c(=O)[nH]2)c1. The van der Waals surface area contributed by atoms with Crippen molar-refractivity contribution in [1.29, 1.82) is 0 Å². The van der Waals surface area contributed by atoms with E-state index in [4.69, 9.17) is 5.11 Å². The molecule has 28 heavy (non-hydrogen) atoms. The molecule has 2 aromatic carbocycles. The van der Waals surface area contributed by atoms with E-state index >= 15 is 0 Å². The molecule has 140 valence electrons. The number of amides is 1. The Balaban J connectivity index is 1.79. The molecule has 0 fully saturated rings. The first kappa shape index (κ1) is 18.7. The number of carboxylic acid groups (broad SMARTS) is 1. The van der Waals surface area contributed by atoms with Gasteiger partial charge in [0.05, 0.1) is 10.9 Å². The molecule has 0 aliphatic carbocycles. The van der Waals surface area contributed by atoms with Gasteiger partial charge in [0.25, 0.3) is 11.5 Å². The van der Waals surface area contributed by atoms with E-state index in [0.29, 0.717) is 16.5 Å². The fourth-order valence-electron chi connectivity index (χ4n) is 2.50. The molecule has 0 aliphatic heterocycles. The highest BCUT2D eigenvalue weighted by molar-refractivity contribution is 6.05. The Morgan fingerprint density at radius 1 is 1.11 bits per heavy atom. The highest BCUT2D eigenvalue weighted by atomic mass is 16.4. The quantitative estimate of drug-likeness (QED) is 0.442. The van der Waals surface area contributed by atoms with Gasteiger partial charge in [-0.3, -0.25) is 19.2 Å². The molecule has 1 aromatic heterocycles. The van der Waals surface area contributed by atoms with E-state index in [0.717, 1.165) is 0 Å². The monoisotopic (exact) mass is 377 g/mol. The average molecular weight is 377 g/mol. The minimum absolute atomic E-state index is 0.0877. The average Bonchev–Trinajstić information content (AvgIpc) is 2.70. The number of rotatable bonds is 6. The summed E-state index contributed by atoms with van der Waals surface area (Å²) in [7, 11) is 0. The summed E-state index contributed by atoms with van der Waals surface area (Å²) in [4.78, 5) is 53.4. The minimum atomic E-state index is -1.15. The lowest BCUT2D eigenvalue weighted by atomic mass is 10.1. The number of nitrogens with one attached hydrogen (secondary N) is 2. The molecule has 1 amide bonds. The zero-order chi connectivity index (χ0) is 20.1. The molecular weight excluding hydrogens is 362 g/mol. The molecule has 8 heteroatoms. The van der Waals surface area contributed by atoms with E-state index in [1.165, 1.54) is 24.3 Å². The summed E-state index contributed by atoms with van der Waals surface area (Å²) in [5.41, 5.74) is 0.826. The topological polar surface area (TPSA) is 129 Å². The van der Waals surface area contributed by atoms with Crippen LogP contribution < -0.4 is 10.9 Å². The number of aliphatic carboxylic acids is 1. The van der Waals surface area contributed by atoms with Crippen LogP contribution >= 0.6 is 0 Å². The van der Waals surface area contributed by atoms with Crippen LogP contribution in [-0.4, -0.2) is 39.3 Å². The van der Waals surface area contributed by atoms with Gasteiger partial charge in [-0.25, -0.2) is 4.98 Å². The summed E-state index contributed by atoms with van der Waals surface area (Å²) in [5, 5.41) is 11.3. The number of aromatic nitrogens is 2. The fraction of sp³-hybridized carbons (Fsp3) is 0.0500. The summed E-state index contributed by atoms with van der Waals surface area (Å²) in [6, 6.07) is 13.0. The van der Waals surface area contributed by atoms with Gasteiger partial charge < -0.3 is 15.4 Å². The maximum Gasteiger partial charge on any atom is 0.322 e. The van der Waals surface area contributed by atoms with Crippen molar-refractivity contribution in [1.82, 2.24) is 15.3 Å². The summed E-state index contributed by atoms with van der Waals surface area (Å²) in [5.74, 6) is -2.27. The molecule has 3 rings (SSSR count). The Labute approximate surface area is 158 Å². The number of H-pyrrole nitrogens is 1. The van der Waals surface area contributed by atoms with Crippen LogP contribution in [0.3, 0.4) is 0 Å². The first-order valence-corrected chi connectivity index (χ1v) is 8.25. The minimum Gasteiger partial charge on any atom is -0.480 e. The number of ketones is 1. The molecule has 0 saturated heterocycles. The van der Waals surface area contributed by atoms with Gasteiger partial charge in [-0.1, -0.05) is 30.3 Å². The van der Waals surface area contributed by atoms with Crippen LogP contribution in [0.4, 0.5) is 0 Å². The van der Waals surface area contributed by atoms with Crippen molar-refractivity contribution < 1.29 is 19.5 Å². The normalized spacial score (nSPS) is 10.9. The smallest absolute Gasteiger partial charge is 0.322 e. The van der Waals surface area contributed by atoms with Gasteiger partial charge >= 0.3 is 5.97 Å². The number of hydrogen-bond donors (Lipinski definition) is 3. The van der Waals surface area contributed by atoms with Crippen molar-refractivity contribution in [3.8, 4) is 0 Å². The standard InChI is InChI=1S/C20H15N3O5/c24-16(18-22-15-7-2-1-6-14(15)20(28)23-18)9-8-12-4-3-5-13(10-12)19(27)21-11-17(25)26/h1-10H,11H2,(H,21,27)(H,25,26)(H,22,23,28)/b9-8+. The van der Waals surface area contributed by atoms with Gasteiger partial charge in [-0.15, -0.1) is 0 Å². The Morgan fingerprint density at radius 2 is 1.89 bits per heavy atom. The van der Waals surface area contributed by atoms with Gasteiger partial charge in [0.1, 0.15) is 6.54 Å². The predicted molar refractivity (Wildman–Crippen MR) is 102 cm³/mol. The largest absolute Gasteiger partial charge is 0.480 e. The third-order valence-corrected chi connectivity index (χ3v) is 3.82. The Hall–Kier alpha value is -4.07. The summed E-state index contributed by atoms with van der Waals surface area (Å²) in [6.07, 6.45) is 2.72. The number of fused-ring (bicyclic) bond motifs is 1. The lowest BCUT2D eigenvalue weighted by Gasteiger charge is -2.03. The molecule has 0 unspecified atom stereocenters. The maximum absolute atomic E-state index is 12.3. The fourth-order valence-corrected chi connectivity index (χ4v) is 2.50. The molecule has 0 saturated carbocycles. The van der Waals surface area contributed by atoms with Gasteiger partial charge in [-0.05, 0) is 35.9 Å². The molecule has 0 bridgehead atoms. The van der Waals surface area contributed by atoms with Crippen molar-refractivity contribution >= 4 is 34.6 Å². The van der Waals surface area contributed by atoms with Crippen LogP contribution in [0, 0.1) is 0 Å². The predicted octanol–water partition coefficient (Wildman–Crippen LogP) is 1.63. The molecule has 0 spiro atoms. The zero-order valence-electron chi connectivity index (χ0n) is 14.5. The Bertz CT molecular complexity index is 1160. The van der Waals surface area contributed by atoms with E-state index in [1.807, 2.05) is 0 Å². The molecule has 0 atom stereocenters. The number of para-hydroxylation sites is 1. The van der Waals surface area contributed by atoms with Gasteiger partial charge in [-0.2, -0.15) is 0 Å². The molecule has 3 aromatic rings. The van der Waals surface area contributed by atoms with Gasteiger partial charge in [0, 0.05) is 5.56 Å². The highest BCUT2D eigenvalue weighted by Crippen LogP contribution is 2.09. The number of allylic oxidation sites excluding steroid dienone is 1. The molecule has 1 heterocycles. The number of benzene rings is 2. The number of nitrogens with zero attached hydrogens (tertiary/aromatic N) is 1. The Morgan fingerprint density at radius 3 is 2.68 bits per heavy atom. The lowest BCUT2D eigenvalue weighted by molar-refractivity contribution is -0.135.